The number of unbranched alkanes of at least 4 members (excludes halogenated alkanes) is 1. The first-order valence-electron chi connectivity index (χ1n) is 7.50. The lowest BCUT2D eigenvalue weighted by molar-refractivity contribution is 0.580. The molecule has 6 nitrogen and oxygen atoms in total. The van der Waals surface area contributed by atoms with Gasteiger partial charge in [-0.2, -0.15) is 0 Å². The molecule has 1 aromatic rings. The molecule has 0 spiro atoms. The summed E-state index contributed by atoms with van der Waals surface area (Å²) < 4.78 is 26.7. The third-order valence-corrected chi connectivity index (χ3v) is 4.56. The standard InChI is InChI=1S/C15H26N4O2S/c1-4-5-10-17-15(16-3)18-11-12-19-22(20,21)14-8-6-13(2)7-9-14/h6-9,19H,4-5,10-12H2,1-3H3,(H2,16,17,18). The van der Waals surface area contributed by atoms with Crippen LogP contribution in [0.2, 0.25) is 0 Å². The second-order valence-corrected chi connectivity index (χ2v) is 6.76. The molecule has 3 N–H and O–H groups in total. The van der Waals surface area contributed by atoms with Gasteiger partial charge >= 0.3 is 0 Å². The number of hydrogen-bond acceptors (Lipinski definition) is 3. The van der Waals surface area contributed by atoms with E-state index in [0.717, 1.165) is 24.9 Å². The van der Waals surface area contributed by atoms with Gasteiger partial charge in [0.15, 0.2) is 5.96 Å². The molecule has 0 heterocycles. The Morgan fingerprint density at radius 1 is 1.09 bits per heavy atom. The molecule has 0 saturated heterocycles. The third kappa shape index (κ3) is 6.44. The average molecular weight is 326 g/mol. The fourth-order valence-electron chi connectivity index (χ4n) is 1.77. The fraction of sp³-hybridized carbons (Fsp3) is 0.533. The molecular formula is C15H26N4O2S. The SMILES string of the molecule is CCCCNC(=NC)NCCNS(=O)(=O)c1ccc(C)cc1. The molecule has 0 aromatic heterocycles. The van der Waals surface area contributed by atoms with Crippen LogP contribution in [0.25, 0.3) is 0 Å². The summed E-state index contributed by atoms with van der Waals surface area (Å²) in [6.07, 6.45) is 2.18. The Morgan fingerprint density at radius 3 is 2.32 bits per heavy atom. The summed E-state index contributed by atoms with van der Waals surface area (Å²) in [5.41, 5.74) is 1.03. The van der Waals surface area contributed by atoms with Gasteiger partial charge in [-0.15, -0.1) is 0 Å². The van der Waals surface area contributed by atoms with Gasteiger partial charge in [0.1, 0.15) is 0 Å². The maximum absolute atomic E-state index is 12.1. The quantitative estimate of drug-likeness (QED) is 0.381. The van der Waals surface area contributed by atoms with Crippen molar-refractivity contribution in [2.75, 3.05) is 26.7 Å². The summed E-state index contributed by atoms with van der Waals surface area (Å²) >= 11 is 0. The molecular weight excluding hydrogens is 300 g/mol. The van der Waals surface area contributed by atoms with Gasteiger partial charge in [0.05, 0.1) is 4.90 Å². The summed E-state index contributed by atoms with van der Waals surface area (Å²) in [6, 6.07) is 6.78. The number of hydrogen-bond donors (Lipinski definition) is 3. The van der Waals surface area contributed by atoms with Gasteiger partial charge in [0.25, 0.3) is 0 Å². The highest BCUT2D eigenvalue weighted by atomic mass is 32.2. The van der Waals surface area contributed by atoms with E-state index >= 15 is 0 Å². The molecule has 0 unspecified atom stereocenters. The molecule has 0 aliphatic rings. The van der Waals surface area contributed by atoms with E-state index in [2.05, 4.69) is 27.3 Å². The third-order valence-electron chi connectivity index (χ3n) is 3.09. The lowest BCUT2D eigenvalue weighted by Crippen LogP contribution is -2.41. The molecule has 1 aromatic carbocycles. The summed E-state index contributed by atoms with van der Waals surface area (Å²) in [7, 11) is -1.76. The molecule has 0 amide bonds. The zero-order valence-corrected chi connectivity index (χ0v) is 14.3. The molecule has 124 valence electrons. The van der Waals surface area contributed by atoms with Crippen LogP contribution in [-0.2, 0) is 10.0 Å². The molecule has 0 radical (unpaired) electrons. The monoisotopic (exact) mass is 326 g/mol. The van der Waals surface area contributed by atoms with Crippen LogP contribution >= 0.6 is 0 Å². The van der Waals surface area contributed by atoms with Gasteiger partial charge in [-0.1, -0.05) is 31.0 Å². The van der Waals surface area contributed by atoms with Crippen LogP contribution in [0.3, 0.4) is 0 Å². The fourth-order valence-corrected chi connectivity index (χ4v) is 2.80. The van der Waals surface area contributed by atoms with Crippen LogP contribution < -0.4 is 15.4 Å². The van der Waals surface area contributed by atoms with Crippen LogP contribution in [0.15, 0.2) is 34.2 Å². The first kappa shape index (κ1) is 18.4. The average Bonchev–Trinajstić information content (AvgIpc) is 2.50. The topological polar surface area (TPSA) is 82.6 Å². The van der Waals surface area contributed by atoms with Crippen LogP contribution in [-0.4, -0.2) is 41.1 Å². The van der Waals surface area contributed by atoms with Crippen LogP contribution in [0.1, 0.15) is 25.3 Å². The Kier molecular flexibility index (Phi) is 7.90. The molecule has 0 atom stereocenters. The number of nitrogens with zero attached hydrogens (tertiary/aromatic N) is 1. The summed E-state index contributed by atoms with van der Waals surface area (Å²) in [5.74, 6) is 0.683. The number of sulfonamides is 1. The largest absolute Gasteiger partial charge is 0.356 e. The Labute approximate surface area is 133 Å². The minimum Gasteiger partial charge on any atom is -0.356 e. The molecule has 0 bridgehead atoms. The van der Waals surface area contributed by atoms with E-state index in [4.69, 9.17) is 0 Å². The normalized spacial score (nSPS) is 12.2. The molecule has 0 aliphatic carbocycles. The van der Waals surface area contributed by atoms with Crippen molar-refractivity contribution in [2.45, 2.75) is 31.6 Å². The van der Waals surface area contributed by atoms with Crippen LogP contribution in [0, 0.1) is 6.92 Å². The van der Waals surface area contributed by atoms with Crippen molar-refractivity contribution in [1.29, 1.82) is 0 Å². The number of aliphatic imine (C=N–C) groups is 1. The van der Waals surface area contributed by atoms with E-state index in [-0.39, 0.29) is 4.90 Å². The summed E-state index contributed by atoms with van der Waals surface area (Å²) in [6.45, 7) is 5.66. The van der Waals surface area contributed by atoms with E-state index < -0.39 is 10.0 Å². The van der Waals surface area contributed by atoms with Gasteiger partial charge in [-0.25, -0.2) is 13.1 Å². The highest BCUT2D eigenvalue weighted by Gasteiger charge is 2.12. The molecule has 22 heavy (non-hydrogen) atoms. The van der Waals surface area contributed by atoms with Crippen molar-refractivity contribution in [1.82, 2.24) is 15.4 Å². The van der Waals surface area contributed by atoms with Crippen molar-refractivity contribution < 1.29 is 8.42 Å². The van der Waals surface area contributed by atoms with Gasteiger partial charge in [-0.05, 0) is 25.5 Å². The first-order chi connectivity index (χ1) is 10.5. The first-order valence-corrected chi connectivity index (χ1v) is 8.98. The zero-order chi connectivity index (χ0) is 16.4. The predicted molar refractivity (Wildman–Crippen MR) is 90.6 cm³/mol. The highest BCUT2D eigenvalue weighted by molar-refractivity contribution is 7.89. The van der Waals surface area contributed by atoms with Gasteiger partial charge in [0, 0.05) is 26.7 Å². The van der Waals surface area contributed by atoms with Gasteiger partial charge in [0.2, 0.25) is 10.0 Å². The van der Waals surface area contributed by atoms with Crippen molar-refractivity contribution in [3.8, 4) is 0 Å². The van der Waals surface area contributed by atoms with Crippen LogP contribution in [0.4, 0.5) is 0 Å². The molecule has 0 aliphatic heterocycles. The minimum atomic E-state index is -3.45. The van der Waals surface area contributed by atoms with E-state index in [1.165, 1.54) is 0 Å². The predicted octanol–water partition coefficient (Wildman–Crippen LogP) is 1.24. The maximum atomic E-state index is 12.1. The Morgan fingerprint density at radius 2 is 1.73 bits per heavy atom. The molecule has 7 heteroatoms. The number of benzene rings is 1. The van der Waals surface area contributed by atoms with Gasteiger partial charge in [-0.3, -0.25) is 4.99 Å². The van der Waals surface area contributed by atoms with E-state index in [9.17, 15) is 8.42 Å². The van der Waals surface area contributed by atoms with E-state index in [1.807, 2.05) is 6.92 Å². The van der Waals surface area contributed by atoms with Crippen LogP contribution in [0.5, 0.6) is 0 Å². The second-order valence-electron chi connectivity index (χ2n) is 4.99. The van der Waals surface area contributed by atoms with Crippen molar-refractivity contribution >= 4 is 16.0 Å². The lowest BCUT2D eigenvalue weighted by Gasteiger charge is -2.12. The zero-order valence-electron chi connectivity index (χ0n) is 13.5. The summed E-state index contributed by atoms with van der Waals surface area (Å²) in [4.78, 5) is 4.36. The number of rotatable bonds is 8. The van der Waals surface area contributed by atoms with Gasteiger partial charge < -0.3 is 10.6 Å². The van der Waals surface area contributed by atoms with E-state index in [0.29, 0.717) is 19.0 Å². The Balaban J connectivity index is 2.38. The summed E-state index contributed by atoms with van der Waals surface area (Å²) in [5, 5.41) is 6.24. The second kappa shape index (κ2) is 9.42. The smallest absolute Gasteiger partial charge is 0.240 e. The number of nitrogens with one attached hydrogen (secondary N) is 3. The van der Waals surface area contributed by atoms with Crippen molar-refractivity contribution in [3.05, 3.63) is 29.8 Å². The Hall–Kier alpha value is -1.60. The lowest BCUT2D eigenvalue weighted by atomic mass is 10.2. The molecule has 1 rings (SSSR count). The highest BCUT2D eigenvalue weighted by Crippen LogP contribution is 2.09. The van der Waals surface area contributed by atoms with E-state index in [1.54, 1.807) is 31.3 Å². The molecule has 0 saturated carbocycles. The van der Waals surface area contributed by atoms with Crippen molar-refractivity contribution in [2.24, 2.45) is 4.99 Å². The number of aryl methyl sites for hydroxylation is 1. The maximum Gasteiger partial charge on any atom is 0.240 e. The molecule has 0 fully saturated rings. The minimum absolute atomic E-state index is 0.281. The number of guanidine groups is 1. The Bertz CT molecular complexity index is 568. The van der Waals surface area contributed by atoms with Crippen molar-refractivity contribution in [3.63, 3.8) is 0 Å².